The average molecular weight is 710 g/mol. The molecular formula is C38H51N3O10. The first kappa shape index (κ1) is 37.8. The lowest BCUT2D eigenvalue weighted by Crippen LogP contribution is -2.47. The lowest BCUT2D eigenvalue weighted by molar-refractivity contribution is -0.144. The fraction of sp³-hybridized carbons (Fsp3) is 0.500. The van der Waals surface area contributed by atoms with Gasteiger partial charge in [-0.1, -0.05) is 31.2 Å². The number of likely N-dealkylation sites (N-methyl/N-ethyl adjacent to an activating group) is 1. The Morgan fingerprint density at radius 2 is 1.86 bits per heavy atom. The second-order valence-corrected chi connectivity index (χ2v) is 13.3. The number of benzene rings is 2. The zero-order chi connectivity index (χ0) is 36.7. The van der Waals surface area contributed by atoms with Crippen molar-refractivity contribution in [2.75, 3.05) is 40.5 Å². The summed E-state index contributed by atoms with van der Waals surface area (Å²) >= 11 is 0. The largest absolute Gasteiger partial charge is 0.504 e. The molecule has 0 radical (unpaired) electrons. The Labute approximate surface area is 298 Å². The average Bonchev–Trinajstić information content (AvgIpc) is 3.57. The number of hydrogen-bond acceptors (Lipinski definition) is 12. The van der Waals surface area contributed by atoms with Gasteiger partial charge in [0.2, 0.25) is 5.75 Å². The number of methoxy groups -OCH3 is 2. The van der Waals surface area contributed by atoms with Crippen molar-refractivity contribution in [2.24, 2.45) is 29.4 Å². The van der Waals surface area contributed by atoms with Crippen molar-refractivity contribution >= 4 is 5.97 Å². The van der Waals surface area contributed by atoms with Gasteiger partial charge in [-0.15, -0.1) is 0 Å². The van der Waals surface area contributed by atoms with Gasteiger partial charge in [0.25, 0.3) is 0 Å². The van der Waals surface area contributed by atoms with E-state index in [1.54, 1.807) is 30.3 Å². The van der Waals surface area contributed by atoms with E-state index < -0.39 is 42.0 Å². The highest BCUT2D eigenvalue weighted by molar-refractivity contribution is 5.74. The number of aliphatic hydroxyl groups is 2. The van der Waals surface area contributed by atoms with Crippen molar-refractivity contribution < 1.29 is 49.3 Å². The Morgan fingerprint density at radius 1 is 1.10 bits per heavy atom. The van der Waals surface area contributed by atoms with Crippen LogP contribution < -0.4 is 30.6 Å². The second kappa shape index (κ2) is 17.2. The minimum Gasteiger partial charge on any atom is -0.504 e. The molecule has 2 aromatic rings. The number of rotatable bonds is 16. The number of aryl methyl sites for hydroxylation is 1. The third kappa shape index (κ3) is 8.73. The summed E-state index contributed by atoms with van der Waals surface area (Å²) in [5, 5.41) is 59.1. The number of carbonyl (C=O) groups is 1. The first-order valence-electron chi connectivity index (χ1n) is 17.5. The second-order valence-electron chi connectivity index (χ2n) is 13.3. The van der Waals surface area contributed by atoms with E-state index in [2.05, 4.69) is 10.6 Å². The van der Waals surface area contributed by atoms with Crippen molar-refractivity contribution in [2.45, 2.75) is 57.0 Å². The van der Waals surface area contributed by atoms with Crippen LogP contribution in [0.1, 0.15) is 43.4 Å². The van der Waals surface area contributed by atoms with Crippen LogP contribution in [0.25, 0.3) is 0 Å². The molecule has 1 saturated heterocycles. The quantitative estimate of drug-likeness (QED) is 0.118. The fourth-order valence-electron chi connectivity index (χ4n) is 7.61. The minimum absolute atomic E-state index is 0.0261. The molecule has 0 spiro atoms. The molecule has 13 heteroatoms. The zero-order valence-corrected chi connectivity index (χ0v) is 29.3. The van der Waals surface area contributed by atoms with Crippen LogP contribution in [0.2, 0.25) is 0 Å². The molecule has 0 saturated carbocycles. The van der Waals surface area contributed by atoms with Crippen LogP contribution in [-0.4, -0.2) is 90.3 Å². The maximum absolute atomic E-state index is 12.4. The number of nitrogens with two attached hydrogens (primary N) is 1. The molecule has 0 amide bonds. The molecule has 0 unspecified atom stereocenters. The van der Waals surface area contributed by atoms with E-state index in [0.29, 0.717) is 49.5 Å². The standard InChI is InChI=1S/C38H51N3O10/c1-4-40-28(35-25(8-9-27(35)38(46)47)22-11-13-41-34(39)18-22)20-50-33-17-23(16-32(49-3)36(33)45)37-26(12-14-42)30(44)19-24(51-37)7-5-21-6-10-29(43)31(15-21)48-2/h6,8-11,15-18,24-28,30,35,37,40-45H,4-5,7,12-14,19-20,39H2,1-3H3,(H,46,47)/t24-,25+,26-,27-,28+,30-,35-,37+/m0/s1. The smallest absolute Gasteiger partial charge is 0.310 e. The number of hydrogen-bond donors (Lipinski definition) is 8. The van der Waals surface area contributed by atoms with E-state index in [9.17, 15) is 30.3 Å². The number of allylic oxidation sites excluding steroid dienone is 3. The van der Waals surface area contributed by atoms with Crippen LogP contribution in [0.4, 0.5) is 0 Å². The lowest BCUT2D eigenvalue weighted by Gasteiger charge is -2.40. The van der Waals surface area contributed by atoms with Crippen LogP contribution in [0.15, 0.2) is 66.0 Å². The lowest BCUT2D eigenvalue weighted by atomic mass is 9.78. The molecule has 2 aromatic carbocycles. The normalized spacial score (nSPS) is 26.5. The summed E-state index contributed by atoms with van der Waals surface area (Å²) < 4.78 is 23.7. The van der Waals surface area contributed by atoms with Gasteiger partial charge in [-0.2, -0.15) is 0 Å². The highest BCUT2D eigenvalue weighted by Crippen LogP contribution is 2.46. The molecule has 9 N–H and O–H groups in total. The number of carboxylic acids is 1. The fourth-order valence-corrected chi connectivity index (χ4v) is 7.61. The van der Waals surface area contributed by atoms with Gasteiger partial charge in [0.05, 0.1) is 44.3 Å². The van der Waals surface area contributed by atoms with E-state index in [1.807, 2.05) is 31.2 Å². The van der Waals surface area contributed by atoms with Gasteiger partial charge < -0.3 is 60.8 Å². The van der Waals surface area contributed by atoms with E-state index in [-0.39, 0.29) is 54.7 Å². The molecule has 1 fully saturated rings. The summed E-state index contributed by atoms with van der Waals surface area (Å²) in [4.78, 5) is 12.4. The van der Waals surface area contributed by atoms with Crippen LogP contribution >= 0.6 is 0 Å². The number of aliphatic hydroxyl groups excluding tert-OH is 2. The third-order valence-electron chi connectivity index (χ3n) is 10.1. The summed E-state index contributed by atoms with van der Waals surface area (Å²) in [7, 11) is 2.92. The van der Waals surface area contributed by atoms with Gasteiger partial charge in [-0.05, 0) is 79.3 Å². The molecular weight excluding hydrogens is 658 g/mol. The maximum Gasteiger partial charge on any atom is 0.310 e. The number of nitrogens with one attached hydrogen (secondary N) is 2. The number of aromatic hydroxyl groups is 2. The molecule has 278 valence electrons. The van der Waals surface area contributed by atoms with Crippen molar-refractivity contribution in [3.8, 4) is 28.7 Å². The molecule has 2 aliphatic heterocycles. The molecule has 2 heterocycles. The number of phenols is 2. The molecule has 13 nitrogen and oxygen atoms in total. The summed E-state index contributed by atoms with van der Waals surface area (Å²) in [6.45, 7) is 2.89. The summed E-state index contributed by atoms with van der Waals surface area (Å²) in [6.07, 6.45) is 7.53. The van der Waals surface area contributed by atoms with Crippen molar-refractivity contribution in [1.29, 1.82) is 0 Å². The van der Waals surface area contributed by atoms with Crippen LogP contribution in [0.5, 0.6) is 28.7 Å². The summed E-state index contributed by atoms with van der Waals surface area (Å²) in [6, 6.07) is 8.04. The van der Waals surface area contributed by atoms with Gasteiger partial charge in [0.15, 0.2) is 23.0 Å². The third-order valence-corrected chi connectivity index (χ3v) is 10.1. The maximum atomic E-state index is 12.4. The molecule has 51 heavy (non-hydrogen) atoms. The van der Waals surface area contributed by atoms with Gasteiger partial charge in [-0.25, -0.2) is 0 Å². The molecule has 5 rings (SSSR count). The molecule has 1 aliphatic carbocycles. The predicted molar refractivity (Wildman–Crippen MR) is 190 cm³/mol. The van der Waals surface area contributed by atoms with Crippen LogP contribution in [0, 0.1) is 23.7 Å². The Morgan fingerprint density at radius 3 is 2.55 bits per heavy atom. The van der Waals surface area contributed by atoms with Gasteiger partial charge in [0, 0.05) is 36.9 Å². The van der Waals surface area contributed by atoms with Crippen LogP contribution in [0.3, 0.4) is 0 Å². The zero-order valence-electron chi connectivity index (χ0n) is 29.3. The number of aliphatic carboxylic acids is 1. The first-order chi connectivity index (χ1) is 24.6. The first-order valence-corrected chi connectivity index (χ1v) is 17.5. The topological polar surface area (TPSA) is 205 Å². The number of carboxylic acid groups (broad SMARTS) is 1. The predicted octanol–water partition coefficient (Wildman–Crippen LogP) is 3.13. The molecule has 0 aromatic heterocycles. The van der Waals surface area contributed by atoms with E-state index in [0.717, 1.165) is 11.1 Å². The highest BCUT2D eigenvalue weighted by Gasteiger charge is 2.43. The summed E-state index contributed by atoms with van der Waals surface area (Å²) in [5.74, 6) is -1.84. The monoisotopic (exact) mass is 709 g/mol. The summed E-state index contributed by atoms with van der Waals surface area (Å²) in [5.41, 5.74) is 8.52. The van der Waals surface area contributed by atoms with Gasteiger partial charge in [-0.3, -0.25) is 4.79 Å². The Bertz CT molecular complexity index is 1610. The Hall–Kier alpha value is -4.43. The van der Waals surface area contributed by atoms with E-state index in [1.165, 1.54) is 14.2 Å². The van der Waals surface area contributed by atoms with Crippen molar-refractivity contribution in [3.05, 3.63) is 77.2 Å². The van der Waals surface area contributed by atoms with Crippen molar-refractivity contribution in [1.82, 2.24) is 10.6 Å². The Balaban J connectivity index is 1.40. The number of ether oxygens (including phenoxy) is 4. The highest BCUT2D eigenvalue weighted by atomic mass is 16.5. The molecule has 0 bridgehead atoms. The van der Waals surface area contributed by atoms with E-state index >= 15 is 0 Å². The van der Waals surface area contributed by atoms with Gasteiger partial charge >= 0.3 is 5.97 Å². The number of phenolic OH excluding ortho intramolecular Hbond substituents is 2. The van der Waals surface area contributed by atoms with E-state index in [4.69, 9.17) is 24.7 Å². The SMILES string of the molecule is CCN[C@H](COc1cc([C@H]2O[C@@H](CCc3ccc(O)c(OC)c3)C[C@H](O)[C@@H]2CCO)cc(OC)c1O)[C@@H]1[C@@H](C(=O)O)C=C[C@@H]1C1=CCNC(N)=C1. The van der Waals surface area contributed by atoms with Crippen LogP contribution in [-0.2, 0) is 16.0 Å². The molecule has 3 aliphatic rings. The minimum atomic E-state index is -0.943. The molecule has 8 atom stereocenters. The van der Waals surface area contributed by atoms with Crippen molar-refractivity contribution in [3.63, 3.8) is 0 Å². The van der Waals surface area contributed by atoms with Gasteiger partial charge in [0.1, 0.15) is 6.61 Å². The Kier molecular flexibility index (Phi) is 12.7. The number of dihydropyridines is 1.